The third-order valence-electron chi connectivity index (χ3n) is 2.44. The molecule has 0 saturated heterocycles. The van der Waals surface area contributed by atoms with Gasteiger partial charge in [0, 0.05) is 11.1 Å². The van der Waals surface area contributed by atoms with Crippen molar-refractivity contribution in [3.8, 4) is 0 Å². The van der Waals surface area contributed by atoms with E-state index in [2.05, 4.69) is 22.2 Å². The number of nitrogens with one attached hydrogen (secondary N) is 1. The molecule has 0 amide bonds. The van der Waals surface area contributed by atoms with Crippen LogP contribution in [0.15, 0.2) is 6.33 Å². The minimum atomic E-state index is 0.239. The molecule has 1 aromatic rings. The van der Waals surface area contributed by atoms with Crippen LogP contribution in [-0.4, -0.2) is 15.5 Å². The highest BCUT2D eigenvalue weighted by Gasteiger charge is 2.37. The van der Waals surface area contributed by atoms with Gasteiger partial charge in [-0.15, -0.1) is 0 Å². The molecule has 1 aliphatic rings. The normalized spacial score (nSPS) is 18.4. The fourth-order valence-corrected chi connectivity index (χ4v) is 1.29. The molecular formula is C9H12ClN3. The van der Waals surface area contributed by atoms with Crippen molar-refractivity contribution in [3.05, 3.63) is 17.0 Å². The van der Waals surface area contributed by atoms with Crippen molar-refractivity contribution in [2.45, 2.75) is 32.2 Å². The minimum absolute atomic E-state index is 0.239. The number of anilines is 1. The number of halogens is 1. The SMILES string of the molecule is Cc1c(Cl)ncnc1NC1(C)CC1. The second-order valence-corrected chi connectivity index (χ2v) is 4.18. The largest absolute Gasteiger partial charge is 0.365 e. The highest BCUT2D eigenvalue weighted by atomic mass is 35.5. The zero-order valence-corrected chi connectivity index (χ0v) is 8.52. The topological polar surface area (TPSA) is 37.8 Å². The van der Waals surface area contributed by atoms with E-state index in [0.29, 0.717) is 5.15 Å². The quantitative estimate of drug-likeness (QED) is 0.740. The fourth-order valence-electron chi connectivity index (χ4n) is 1.15. The first-order valence-corrected chi connectivity index (χ1v) is 4.74. The highest BCUT2D eigenvalue weighted by Crippen LogP contribution is 2.38. The number of hydrogen-bond donors (Lipinski definition) is 1. The Kier molecular flexibility index (Phi) is 1.91. The van der Waals surface area contributed by atoms with E-state index in [-0.39, 0.29) is 5.54 Å². The molecule has 3 nitrogen and oxygen atoms in total. The molecule has 1 aromatic heterocycles. The third-order valence-corrected chi connectivity index (χ3v) is 2.82. The summed E-state index contributed by atoms with van der Waals surface area (Å²) in [7, 11) is 0. The maximum absolute atomic E-state index is 5.87. The number of rotatable bonds is 2. The summed E-state index contributed by atoms with van der Waals surface area (Å²) in [6.45, 7) is 4.11. The van der Waals surface area contributed by atoms with Crippen LogP contribution in [0.1, 0.15) is 25.3 Å². The van der Waals surface area contributed by atoms with Gasteiger partial charge in [-0.3, -0.25) is 0 Å². The lowest BCUT2D eigenvalue weighted by Crippen LogP contribution is -2.17. The van der Waals surface area contributed by atoms with Crippen molar-refractivity contribution in [1.29, 1.82) is 0 Å². The zero-order valence-electron chi connectivity index (χ0n) is 7.76. The Morgan fingerprint density at radius 3 is 2.77 bits per heavy atom. The van der Waals surface area contributed by atoms with E-state index in [1.54, 1.807) is 0 Å². The Morgan fingerprint density at radius 2 is 2.15 bits per heavy atom. The van der Waals surface area contributed by atoms with Crippen molar-refractivity contribution < 1.29 is 0 Å². The smallest absolute Gasteiger partial charge is 0.137 e. The second-order valence-electron chi connectivity index (χ2n) is 3.82. The average Bonchev–Trinajstić information content (AvgIpc) is 2.78. The Hall–Kier alpha value is -0.830. The standard InChI is InChI=1S/C9H12ClN3/c1-6-7(10)11-5-12-8(6)13-9(2)3-4-9/h5H,3-4H2,1-2H3,(H,11,12,13). The van der Waals surface area contributed by atoms with Crippen LogP contribution in [0.25, 0.3) is 0 Å². The summed E-state index contributed by atoms with van der Waals surface area (Å²) < 4.78 is 0. The molecule has 13 heavy (non-hydrogen) atoms. The molecule has 70 valence electrons. The van der Waals surface area contributed by atoms with Gasteiger partial charge in [0.2, 0.25) is 0 Å². The van der Waals surface area contributed by atoms with Crippen LogP contribution >= 0.6 is 11.6 Å². The predicted octanol–water partition coefficient (Wildman–Crippen LogP) is 2.40. The molecule has 2 rings (SSSR count). The lowest BCUT2D eigenvalue weighted by molar-refractivity contribution is 0.816. The number of hydrogen-bond acceptors (Lipinski definition) is 3. The van der Waals surface area contributed by atoms with E-state index >= 15 is 0 Å². The average molecular weight is 198 g/mol. The van der Waals surface area contributed by atoms with Gasteiger partial charge in [-0.2, -0.15) is 0 Å². The van der Waals surface area contributed by atoms with Crippen molar-refractivity contribution in [2.24, 2.45) is 0 Å². The molecule has 1 aliphatic carbocycles. The Morgan fingerprint density at radius 1 is 1.46 bits per heavy atom. The van der Waals surface area contributed by atoms with Gasteiger partial charge in [0.25, 0.3) is 0 Å². The van der Waals surface area contributed by atoms with E-state index in [4.69, 9.17) is 11.6 Å². The molecule has 4 heteroatoms. The molecule has 0 atom stereocenters. The maximum Gasteiger partial charge on any atom is 0.137 e. The van der Waals surface area contributed by atoms with Crippen LogP contribution in [-0.2, 0) is 0 Å². The molecule has 0 radical (unpaired) electrons. The van der Waals surface area contributed by atoms with Gasteiger partial charge < -0.3 is 5.32 Å². The molecule has 1 heterocycles. The van der Waals surface area contributed by atoms with Crippen molar-refractivity contribution in [3.63, 3.8) is 0 Å². The monoisotopic (exact) mass is 197 g/mol. The highest BCUT2D eigenvalue weighted by molar-refractivity contribution is 6.30. The van der Waals surface area contributed by atoms with Crippen molar-refractivity contribution in [1.82, 2.24) is 9.97 Å². The van der Waals surface area contributed by atoms with Gasteiger partial charge in [-0.25, -0.2) is 9.97 Å². The van der Waals surface area contributed by atoms with E-state index in [9.17, 15) is 0 Å². The fraction of sp³-hybridized carbons (Fsp3) is 0.556. The zero-order chi connectivity index (χ0) is 9.47. The first-order chi connectivity index (χ1) is 6.11. The first-order valence-electron chi connectivity index (χ1n) is 4.36. The lowest BCUT2D eigenvalue weighted by Gasteiger charge is -2.13. The minimum Gasteiger partial charge on any atom is -0.365 e. The van der Waals surface area contributed by atoms with Gasteiger partial charge in [-0.05, 0) is 26.7 Å². The van der Waals surface area contributed by atoms with Gasteiger partial charge in [-0.1, -0.05) is 11.6 Å². The molecule has 0 unspecified atom stereocenters. The summed E-state index contributed by atoms with van der Waals surface area (Å²) >= 11 is 5.87. The predicted molar refractivity (Wildman–Crippen MR) is 53.0 cm³/mol. The van der Waals surface area contributed by atoms with Gasteiger partial charge in [0.15, 0.2) is 0 Å². The van der Waals surface area contributed by atoms with Gasteiger partial charge >= 0.3 is 0 Å². The van der Waals surface area contributed by atoms with Crippen LogP contribution in [0.4, 0.5) is 5.82 Å². The van der Waals surface area contributed by atoms with E-state index in [1.165, 1.54) is 19.2 Å². The van der Waals surface area contributed by atoms with E-state index < -0.39 is 0 Å². The number of aromatic nitrogens is 2. The summed E-state index contributed by atoms with van der Waals surface area (Å²) in [5.74, 6) is 0.861. The Bertz CT molecular complexity index is 334. The molecule has 0 spiro atoms. The first kappa shape index (κ1) is 8.75. The van der Waals surface area contributed by atoms with Crippen LogP contribution < -0.4 is 5.32 Å². The second kappa shape index (κ2) is 2.84. The summed E-state index contributed by atoms with van der Waals surface area (Å²) in [6.07, 6.45) is 3.89. The van der Waals surface area contributed by atoms with Crippen LogP contribution in [0.3, 0.4) is 0 Å². The molecule has 0 aromatic carbocycles. The van der Waals surface area contributed by atoms with Crippen molar-refractivity contribution in [2.75, 3.05) is 5.32 Å². The Balaban J connectivity index is 2.25. The Labute approximate surface area is 82.5 Å². The van der Waals surface area contributed by atoms with Gasteiger partial charge in [0.05, 0.1) is 0 Å². The summed E-state index contributed by atoms with van der Waals surface area (Å²) in [5, 5.41) is 3.90. The molecule has 1 N–H and O–H groups in total. The lowest BCUT2D eigenvalue weighted by atomic mass is 10.3. The summed E-state index contributed by atoms with van der Waals surface area (Å²) in [5.41, 5.74) is 1.17. The number of nitrogens with zero attached hydrogens (tertiary/aromatic N) is 2. The molecule has 1 saturated carbocycles. The summed E-state index contributed by atoms with van der Waals surface area (Å²) in [6, 6.07) is 0. The summed E-state index contributed by atoms with van der Waals surface area (Å²) in [4.78, 5) is 8.06. The molecular weight excluding hydrogens is 186 g/mol. The van der Waals surface area contributed by atoms with Crippen LogP contribution in [0.2, 0.25) is 5.15 Å². The van der Waals surface area contributed by atoms with E-state index in [0.717, 1.165) is 11.4 Å². The molecule has 0 aliphatic heterocycles. The third kappa shape index (κ3) is 1.75. The maximum atomic E-state index is 5.87. The molecule has 1 fully saturated rings. The van der Waals surface area contributed by atoms with Gasteiger partial charge in [0.1, 0.15) is 17.3 Å². The van der Waals surface area contributed by atoms with E-state index in [1.807, 2.05) is 6.92 Å². The van der Waals surface area contributed by atoms with Crippen molar-refractivity contribution >= 4 is 17.4 Å². The van der Waals surface area contributed by atoms with Crippen LogP contribution in [0, 0.1) is 6.92 Å². The molecule has 0 bridgehead atoms. The van der Waals surface area contributed by atoms with Crippen LogP contribution in [0.5, 0.6) is 0 Å².